The second-order valence-electron chi connectivity index (χ2n) is 6.64. The summed E-state index contributed by atoms with van der Waals surface area (Å²) < 4.78 is 0. The van der Waals surface area contributed by atoms with Crippen LogP contribution in [0.25, 0.3) is 0 Å². The number of non-ortho nitro benzene ring substituents is 1. The fourth-order valence-electron chi connectivity index (χ4n) is 3.10. The first-order chi connectivity index (χ1) is 13.9. The maximum atomic E-state index is 12.3. The van der Waals surface area contributed by atoms with Crippen molar-refractivity contribution in [2.45, 2.75) is 19.4 Å². The zero-order valence-electron chi connectivity index (χ0n) is 15.4. The van der Waals surface area contributed by atoms with Crippen LogP contribution in [0.2, 0.25) is 0 Å². The lowest BCUT2D eigenvalue weighted by Gasteiger charge is -2.30. The number of carbonyl (C=O) groups excluding carboxylic acids is 1. The van der Waals surface area contributed by atoms with Crippen molar-refractivity contribution in [3.8, 4) is 0 Å². The minimum Gasteiger partial charge on any atom is -0.299 e. The van der Waals surface area contributed by atoms with Crippen LogP contribution in [-0.2, 0) is 11.3 Å². The number of nitrogens with zero attached hydrogens (tertiary/aromatic N) is 4. The van der Waals surface area contributed by atoms with Gasteiger partial charge in [-0.15, -0.1) is 0 Å². The number of thiophene rings is 1. The Morgan fingerprint density at radius 3 is 2.41 bits per heavy atom. The number of hydrazone groups is 1. The molecule has 11 heteroatoms. The van der Waals surface area contributed by atoms with E-state index in [2.05, 4.69) is 15.4 Å². The highest BCUT2D eigenvalue weighted by Gasteiger charge is 2.25. The average molecular weight is 417 g/mol. The zero-order valence-corrected chi connectivity index (χ0v) is 16.2. The van der Waals surface area contributed by atoms with Crippen molar-refractivity contribution in [2.24, 2.45) is 11.0 Å². The Morgan fingerprint density at radius 2 is 1.83 bits per heavy atom. The Labute approximate surface area is 170 Å². The van der Waals surface area contributed by atoms with E-state index < -0.39 is 9.85 Å². The number of rotatable bonds is 7. The van der Waals surface area contributed by atoms with E-state index in [0.717, 1.165) is 30.0 Å². The normalized spacial score (nSPS) is 15.4. The fraction of sp³-hybridized carbons (Fsp3) is 0.333. The van der Waals surface area contributed by atoms with Gasteiger partial charge in [0, 0.05) is 30.7 Å². The summed E-state index contributed by atoms with van der Waals surface area (Å²) in [6.45, 7) is 2.17. The Kier molecular flexibility index (Phi) is 6.62. The molecule has 0 bridgehead atoms. The van der Waals surface area contributed by atoms with Crippen LogP contribution in [0.15, 0.2) is 41.5 Å². The molecule has 1 aliphatic heterocycles. The molecule has 1 aromatic heterocycles. The van der Waals surface area contributed by atoms with Gasteiger partial charge in [-0.05, 0) is 37.6 Å². The third kappa shape index (κ3) is 5.65. The Hall–Kier alpha value is -3.18. The van der Waals surface area contributed by atoms with Gasteiger partial charge < -0.3 is 0 Å². The van der Waals surface area contributed by atoms with E-state index in [1.165, 1.54) is 24.4 Å². The molecule has 1 saturated heterocycles. The molecule has 1 aliphatic rings. The summed E-state index contributed by atoms with van der Waals surface area (Å²) in [5.74, 6) is -0.305. The fourth-order valence-corrected chi connectivity index (χ4v) is 3.79. The molecule has 0 aliphatic carbocycles. The quantitative estimate of drug-likeness (QED) is 0.419. The number of amides is 1. The lowest BCUT2D eigenvalue weighted by atomic mass is 9.96. The molecule has 0 radical (unpaired) electrons. The first-order valence-corrected chi connectivity index (χ1v) is 9.77. The number of nitro benzene ring substituents is 1. The lowest BCUT2D eigenvalue weighted by molar-refractivity contribution is -0.384. The van der Waals surface area contributed by atoms with Crippen molar-refractivity contribution in [2.75, 3.05) is 13.1 Å². The van der Waals surface area contributed by atoms with E-state index in [4.69, 9.17) is 0 Å². The molecular weight excluding hydrogens is 398 g/mol. The van der Waals surface area contributed by atoms with Crippen molar-refractivity contribution < 1.29 is 14.6 Å². The van der Waals surface area contributed by atoms with Gasteiger partial charge in [0.1, 0.15) is 0 Å². The zero-order chi connectivity index (χ0) is 20.8. The predicted molar refractivity (Wildman–Crippen MR) is 108 cm³/mol. The summed E-state index contributed by atoms with van der Waals surface area (Å²) in [6.07, 6.45) is 2.79. The molecule has 0 saturated carbocycles. The van der Waals surface area contributed by atoms with E-state index in [-0.39, 0.29) is 22.5 Å². The Morgan fingerprint density at radius 1 is 1.14 bits per heavy atom. The van der Waals surface area contributed by atoms with Gasteiger partial charge in [-0.3, -0.25) is 29.9 Å². The number of nitrogens with one attached hydrogen (secondary N) is 1. The summed E-state index contributed by atoms with van der Waals surface area (Å²) in [5.41, 5.74) is 3.57. The van der Waals surface area contributed by atoms with Gasteiger partial charge in [-0.25, -0.2) is 5.43 Å². The van der Waals surface area contributed by atoms with Gasteiger partial charge >= 0.3 is 5.00 Å². The van der Waals surface area contributed by atoms with Gasteiger partial charge in [0.05, 0.1) is 20.9 Å². The number of hydrogen-bond donors (Lipinski definition) is 1. The predicted octanol–water partition coefficient (Wildman–Crippen LogP) is 2.93. The molecule has 3 rings (SSSR count). The third-order valence-electron chi connectivity index (χ3n) is 4.67. The highest BCUT2D eigenvalue weighted by atomic mass is 32.1. The highest BCUT2D eigenvalue weighted by Crippen LogP contribution is 2.23. The largest absolute Gasteiger partial charge is 0.324 e. The topological polar surface area (TPSA) is 131 Å². The summed E-state index contributed by atoms with van der Waals surface area (Å²) in [5, 5.41) is 25.3. The molecule has 29 heavy (non-hydrogen) atoms. The van der Waals surface area contributed by atoms with Crippen molar-refractivity contribution in [1.29, 1.82) is 0 Å². The van der Waals surface area contributed by atoms with Crippen molar-refractivity contribution in [3.05, 3.63) is 67.1 Å². The Balaban J connectivity index is 1.43. The van der Waals surface area contributed by atoms with Crippen LogP contribution in [-0.4, -0.2) is 40.0 Å². The van der Waals surface area contributed by atoms with Gasteiger partial charge in [0.15, 0.2) is 0 Å². The molecule has 1 N–H and O–H groups in total. The van der Waals surface area contributed by atoms with Gasteiger partial charge in [0.25, 0.3) is 5.69 Å². The molecule has 0 atom stereocenters. The molecule has 2 aromatic rings. The maximum Gasteiger partial charge on any atom is 0.324 e. The third-order valence-corrected chi connectivity index (χ3v) is 5.64. The average Bonchev–Trinajstić information content (AvgIpc) is 3.18. The van der Waals surface area contributed by atoms with E-state index in [9.17, 15) is 25.0 Å². The Bertz CT molecular complexity index is 919. The summed E-state index contributed by atoms with van der Waals surface area (Å²) in [6, 6.07) is 9.47. The van der Waals surface area contributed by atoms with Gasteiger partial charge in [-0.2, -0.15) is 5.10 Å². The van der Waals surface area contributed by atoms with Crippen molar-refractivity contribution in [3.63, 3.8) is 0 Å². The van der Waals surface area contributed by atoms with E-state index in [1.807, 2.05) is 0 Å². The number of piperidine rings is 1. The van der Waals surface area contributed by atoms with E-state index in [1.54, 1.807) is 18.2 Å². The lowest BCUT2D eigenvalue weighted by Crippen LogP contribution is -2.39. The van der Waals surface area contributed by atoms with Gasteiger partial charge in [-0.1, -0.05) is 23.5 Å². The number of carbonyl (C=O) groups is 1. The molecule has 0 unspecified atom stereocenters. The molecule has 1 amide bonds. The van der Waals surface area contributed by atoms with Gasteiger partial charge in [0.2, 0.25) is 5.91 Å². The molecule has 1 fully saturated rings. The van der Waals surface area contributed by atoms with Crippen LogP contribution >= 0.6 is 11.3 Å². The minimum atomic E-state index is -0.467. The van der Waals surface area contributed by atoms with Crippen LogP contribution in [0.5, 0.6) is 0 Å². The molecular formula is C18H19N5O5S. The second-order valence-corrected chi connectivity index (χ2v) is 7.74. The summed E-state index contributed by atoms with van der Waals surface area (Å²) in [4.78, 5) is 35.5. The summed E-state index contributed by atoms with van der Waals surface area (Å²) in [7, 11) is 0. The minimum absolute atomic E-state index is 0.0261. The van der Waals surface area contributed by atoms with E-state index >= 15 is 0 Å². The number of hydrogen-bond acceptors (Lipinski definition) is 8. The molecule has 2 heterocycles. The van der Waals surface area contributed by atoms with Crippen molar-refractivity contribution in [1.82, 2.24) is 10.3 Å². The number of likely N-dealkylation sites (tertiary alicyclic amines) is 1. The van der Waals surface area contributed by atoms with Crippen LogP contribution < -0.4 is 5.43 Å². The molecule has 0 spiro atoms. The molecule has 152 valence electrons. The van der Waals surface area contributed by atoms with Crippen LogP contribution in [0.4, 0.5) is 10.7 Å². The first kappa shape index (κ1) is 20.6. The SMILES string of the molecule is O=C(N/N=C/c1ccc([N+](=O)[O-])s1)C1CCN(Cc2ccc([N+](=O)[O-])cc2)CC1. The first-order valence-electron chi connectivity index (χ1n) is 8.95. The van der Waals surface area contributed by atoms with Crippen LogP contribution in [0.1, 0.15) is 23.3 Å². The maximum absolute atomic E-state index is 12.3. The monoisotopic (exact) mass is 417 g/mol. The number of nitro groups is 2. The van der Waals surface area contributed by atoms with E-state index in [0.29, 0.717) is 24.3 Å². The second kappa shape index (κ2) is 9.34. The smallest absolute Gasteiger partial charge is 0.299 e. The van der Waals surface area contributed by atoms with Crippen LogP contribution in [0, 0.1) is 26.1 Å². The van der Waals surface area contributed by atoms with Crippen molar-refractivity contribution >= 4 is 34.1 Å². The molecule has 1 aromatic carbocycles. The number of benzene rings is 1. The standard InChI is InChI=1S/C18H19N5O5S/c24-18(20-19-11-16-5-6-17(29-16)23(27)28)14-7-9-21(10-8-14)12-13-1-3-15(4-2-13)22(25)26/h1-6,11,14H,7-10,12H2,(H,20,24)/b19-11+. The highest BCUT2D eigenvalue weighted by molar-refractivity contribution is 7.16. The molecule has 10 nitrogen and oxygen atoms in total. The summed E-state index contributed by atoms with van der Waals surface area (Å²) >= 11 is 0.988. The van der Waals surface area contributed by atoms with Crippen LogP contribution in [0.3, 0.4) is 0 Å².